The van der Waals surface area contributed by atoms with E-state index in [4.69, 9.17) is 0 Å². The van der Waals surface area contributed by atoms with Crippen molar-refractivity contribution in [1.82, 2.24) is 4.31 Å². The summed E-state index contributed by atoms with van der Waals surface area (Å²) in [7, 11) is -3.34. The Kier molecular flexibility index (Phi) is 4.21. The summed E-state index contributed by atoms with van der Waals surface area (Å²) in [5.74, 6) is 0.443. The molecule has 1 aliphatic rings. The first-order valence-corrected chi connectivity index (χ1v) is 9.15. The summed E-state index contributed by atoms with van der Waals surface area (Å²) in [6.07, 6.45) is 2.06. The van der Waals surface area contributed by atoms with Gasteiger partial charge in [0.1, 0.15) is 0 Å². The number of thiophene rings is 1. The molecule has 0 saturated carbocycles. The van der Waals surface area contributed by atoms with Gasteiger partial charge < -0.3 is 0 Å². The second kappa shape index (κ2) is 5.23. The molecule has 0 N–H and O–H groups in total. The van der Waals surface area contributed by atoms with Crippen LogP contribution in [-0.2, 0) is 10.0 Å². The minimum atomic E-state index is -3.34. The Bertz CT molecular complexity index is 538. The van der Waals surface area contributed by atoms with E-state index in [0.717, 1.165) is 21.5 Å². The zero-order chi connectivity index (χ0) is 13.5. The summed E-state index contributed by atoms with van der Waals surface area (Å²) in [4.78, 5) is 1.31. The van der Waals surface area contributed by atoms with Crippen molar-refractivity contribution < 1.29 is 8.42 Å². The van der Waals surface area contributed by atoms with Crippen LogP contribution in [0.3, 0.4) is 0 Å². The Labute approximate surface area is 121 Å². The van der Waals surface area contributed by atoms with Gasteiger partial charge in [0.05, 0.1) is 8.68 Å². The molecule has 6 heteroatoms. The topological polar surface area (TPSA) is 37.4 Å². The average molecular weight is 352 g/mol. The van der Waals surface area contributed by atoms with E-state index in [1.54, 1.807) is 10.4 Å². The van der Waals surface area contributed by atoms with E-state index in [2.05, 4.69) is 22.9 Å². The van der Waals surface area contributed by atoms with Gasteiger partial charge >= 0.3 is 0 Å². The quantitative estimate of drug-likeness (QED) is 0.815. The smallest absolute Gasteiger partial charge is 0.207 e. The lowest BCUT2D eigenvalue weighted by Gasteiger charge is -2.35. The molecule has 0 spiro atoms. The Morgan fingerprint density at radius 2 is 2.06 bits per heavy atom. The summed E-state index contributed by atoms with van der Waals surface area (Å²) < 4.78 is 27.9. The van der Waals surface area contributed by atoms with Crippen LogP contribution in [0.2, 0.25) is 0 Å². The van der Waals surface area contributed by atoms with Gasteiger partial charge in [-0.1, -0.05) is 6.92 Å². The highest BCUT2D eigenvalue weighted by Gasteiger charge is 2.34. The third-order valence-corrected chi connectivity index (χ3v) is 7.28. The van der Waals surface area contributed by atoms with Crippen LogP contribution in [0.1, 0.15) is 31.6 Å². The number of hydrogen-bond acceptors (Lipinski definition) is 3. The van der Waals surface area contributed by atoms with Crippen molar-refractivity contribution in [2.45, 2.75) is 44.6 Å². The zero-order valence-electron chi connectivity index (χ0n) is 10.8. The number of halogens is 1. The summed E-state index contributed by atoms with van der Waals surface area (Å²) in [6.45, 7) is 6.61. The molecule has 2 unspecified atom stereocenters. The second-order valence-corrected chi connectivity index (χ2v) is 9.57. The minimum Gasteiger partial charge on any atom is -0.207 e. The first-order chi connectivity index (χ1) is 8.32. The van der Waals surface area contributed by atoms with Crippen LogP contribution >= 0.6 is 27.3 Å². The van der Waals surface area contributed by atoms with Crippen LogP contribution in [0.15, 0.2) is 14.7 Å². The molecule has 2 heterocycles. The molecule has 1 fully saturated rings. The number of piperidine rings is 1. The van der Waals surface area contributed by atoms with Crippen LogP contribution in [0.25, 0.3) is 0 Å². The minimum absolute atomic E-state index is 0.101. The molecule has 0 bridgehead atoms. The van der Waals surface area contributed by atoms with Crippen LogP contribution in [0.5, 0.6) is 0 Å². The number of nitrogens with zero attached hydrogens (tertiary/aromatic N) is 1. The van der Waals surface area contributed by atoms with Gasteiger partial charge in [-0.3, -0.25) is 0 Å². The standard InChI is InChI=1S/C12H18BrNO2S2/c1-8-4-5-9(2)14(7-8)18(15,16)11-6-12(13)17-10(11)3/h6,8-9H,4-5,7H2,1-3H3. The van der Waals surface area contributed by atoms with Crippen molar-refractivity contribution in [3.8, 4) is 0 Å². The number of sulfonamides is 1. The molecule has 0 amide bonds. The van der Waals surface area contributed by atoms with E-state index < -0.39 is 10.0 Å². The highest BCUT2D eigenvalue weighted by atomic mass is 79.9. The largest absolute Gasteiger partial charge is 0.244 e. The second-order valence-electron chi connectivity index (χ2n) is 5.08. The Hall–Kier alpha value is 0.0900. The lowest BCUT2D eigenvalue weighted by Crippen LogP contribution is -2.44. The molecule has 1 aliphatic heterocycles. The molecule has 1 aromatic rings. The molecule has 102 valence electrons. The van der Waals surface area contributed by atoms with Gasteiger partial charge in [0, 0.05) is 17.5 Å². The van der Waals surface area contributed by atoms with E-state index in [1.165, 1.54) is 11.3 Å². The molecule has 1 saturated heterocycles. The normalized spacial score (nSPS) is 26.4. The molecule has 2 rings (SSSR count). The third kappa shape index (κ3) is 2.66. The molecular weight excluding hydrogens is 334 g/mol. The fraction of sp³-hybridized carbons (Fsp3) is 0.667. The lowest BCUT2D eigenvalue weighted by atomic mass is 9.97. The van der Waals surface area contributed by atoms with Crippen LogP contribution < -0.4 is 0 Å². The molecule has 0 aliphatic carbocycles. The summed E-state index contributed by atoms with van der Waals surface area (Å²) in [5.41, 5.74) is 0. The number of rotatable bonds is 2. The maximum Gasteiger partial charge on any atom is 0.244 e. The maximum atomic E-state index is 12.7. The summed E-state index contributed by atoms with van der Waals surface area (Å²) in [6, 6.07) is 1.82. The Morgan fingerprint density at radius 3 is 2.61 bits per heavy atom. The molecule has 3 nitrogen and oxygen atoms in total. The predicted octanol–water partition coefficient (Wildman–Crippen LogP) is 3.63. The van der Waals surface area contributed by atoms with Gasteiger partial charge in [0.15, 0.2) is 0 Å². The average Bonchev–Trinajstić information content (AvgIpc) is 2.62. The summed E-state index contributed by atoms with van der Waals surface area (Å²) in [5, 5.41) is 0. The van der Waals surface area contributed by atoms with Crippen molar-refractivity contribution >= 4 is 37.3 Å². The first-order valence-electron chi connectivity index (χ1n) is 6.10. The highest BCUT2D eigenvalue weighted by molar-refractivity contribution is 9.11. The summed E-state index contributed by atoms with van der Waals surface area (Å²) >= 11 is 4.83. The maximum absolute atomic E-state index is 12.7. The van der Waals surface area contributed by atoms with Crippen molar-refractivity contribution in [3.05, 3.63) is 14.7 Å². The van der Waals surface area contributed by atoms with E-state index in [-0.39, 0.29) is 6.04 Å². The van der Waals surface area contributed by atoms with Gasteiger partial charge in [0.2, 0.25) is 10.0 Å². The fourth-order valence-electron chi connectivity index (χ4n) is 2.40. The van der Waals surface area contributed by atoms with Gasteiger partial charge in [-0.25, -0.2) is 8.42 Å². The van der Waals surface area contributed by atoms with Crippen molar-refractivity contribution in [2.24, 2.45) is 5.92 Å². The molecule has 18 heavy (non-hydrogen) atoms. The molecular formula is C12H18BrNO2S2. The molecule has 0 aromatic carbocycles. The van der Waals surface area contributed by atoms with Gasteiger partial charge in [-0.2, -0.15) is 4.31 Å². The third-order valence-electron chi connectivity index (χ3n) is 3.49. The first kappa shape index (κ1) is 14.5. The monoisotopic (exact) mass is 351 g/mol. The van der Waals surface area contributed by atoms with Gasteiger partial charge in [-0.05, 0) is 54.6 Å². The van der Waals surface area contributed by atoms with E-state index in [9.17, 15) is 8.42 Å². The molecule has 0 radical (unpaired) electrons. The lowest BCUT2D eigenvalue weighted by molar-refractivity contribution is 0.218. The predicted molar refractivity (Wildman–Crippen MR) is 78.5 cm³/mol. The SMILES string of the molecule is Cc1sc(Br)cc1S(=O)(=O)N1CC(C)CCC1C. The van der Waals surface area contributed by atoms with E-state index >= 15 is 0 Å². The van der Waals surface area contributed by atoms with Crippen molar-refractivity contribution in [2.75, 3.05) is 6.54 Å². The molecule has 2 atom stereocenters. The number of hydrogen-bond donors (Lipinski definition) is 0. The van der Waals surface area contributed by atoms with E-state index in [0.29, 0.717) is 17.4 Å². The van der Waals surface area contributed by atoms with Gasteiger partial charge in [-0.15, -0.1) is 11.3 Å². The van der Waals surface area contributed by atoms with Crippen LogP contribution in [-0.4, -0.2) is 25.3 Å². The van der Waals surface area contributed by atoms with Crippen LogP contribution in [0.4, 0.5) is 0 Å². The zero-order valence-corrected chi connectivity index (χ0v) is 14.0. The van der Waals surface area contributed by atoms with Crippen molar-refractivity contribution in [1.29, 1.82) is 0 Å². The van der Waals surface area contributed by atoms with Crippen molar-refractivity contribution in [3.63, 3.8) is 0 Å². The molecule has 1 aromatic heterocycles. The van der Waals surface area contributed by atoms with Crippen LogP contribution in [0, 0.1) is 12.8 Å². The number of aryl methyl sites for hydroxylation is 1. The highest BCUT2D eigenvalue weighted by Crippen LogP contribution is 2.34. The van der Waals surface area contributed by atoms with Gasteiger partial charge in [0.25, 0.3) is 0 Å². The van der Waals surface area contributed by atoms with E-state index in [1.807, 2.05) is 13.8 Å². The fourth-order valence-corrected chi connectivity index (χ4v) is 6.56. The Morgan fingerprint density at radius 1 is 1.39 bits per heavy atom. The Balaban J connectivity index is 2.38.